The molecule has 0 spiro atoms. The summed E-state index contributed by atoms with van der Waals surface area (Å²) in [5, 5.41) is 9.16. The van der Waals surface area contributed by atoms with Gasteiger partial charge in [-0.15, -0.1) is 5.10 Å². The number of carbonyl (C=O) groups is 1. The average Bonchev–Trinajstić information content (AvgIpc) is 3.34. The standard InChI is InChI=1S/C17H19N5OS/c1-10(12-7-8-12)18-15(23)9-24-17-20-14-6-4-3-5-13(14)16-19-11(2)21-22(16)17/h3-6,10,12H,7-9H2,1-2H3,(H,18,23). The molecule has 1 aliphatic rings. The zero-order valence-electron chi connectivity index (χ0n) is 13.7. The summed E-state index contributed by atoms with van der Waals surface area (Å²) < 4.78 is 1.74. The lowest BCUT2D eigenvalue weighted by atomic mass is 10.2. The number of para-hydroxylation sites is 1. The number of rotatable bonds is 5. The predicted molar refractivity (Wildman–Crippen MR) is 94.1 cm³/mol. The van der Waals surface area contributed by atoms with E-state index in [2.05, 4.69) is 27.3 Å². The third-order valence-electron chi connectivity index (χ3n) is 4.31. The van der Waals surface area contributed by atoms with Gasteiger partial charge in [0.15, 0.2) is 10.8 Å². The minimum absolute atomic E-state index is 0.0411. The SMILES string of the molecule is Cc1nc2c3ccccc3nc(SCC(=O)NC(C)C3CC3)n2n1. The van der Waals surface area contributed by atoms with E-state index in [0.717, 1.165) is 16.6 Å². The molecule has 1 atom stereocenters. The number of carbonyl (C=O) groups excluding carboxylic acids is 1. The van der Waals surface area contributed by atoms with Crippen LogP contribution in [0.5, 0.6) is 0 Å². The van der Waals surface area contributed by atoms with Gasteiger partial charge >= 0.3 is 0 Å². The van der Waals surface area contributed by atoms with E-state index in [9.17, 15) is 4.79 Å². The molecule has 2 heterocycles. The second kappa shape index (κ2) is 6.05. The van der Waals surface area contributed by atoms with Crippen molar-refractivity contribution in [1.29, 1.82) is 0 Å². The Labute approximate surface area is 144 Å². The van der Waals surface area contributed by atoms with E-state index in [4.69, 9.17) is 0 Å². The maximum absolute atomic E-state index is 12.2. The number of nitrogens with zero attached hydrogens (tertiary/aromatic N) is 4. The normalized spacial score (nSPS) is 15.8. The van der Waals surface area contributed by atoms with Crippen molar-refractivity contribution in [2.24, 2.45) is 5.92 Å². The van der Waals surface area contributed by atoms with Gasteiger partial charge in [0.1, 0.15) is 5.82 Å². The number of hydrogen-bond acceptors (Lipinski definition) is 5. The number of fused-ring (bicyclic) bond motifs is 3. The number of thioether (sulfide) groups is 1. The molecule has 3 aromatic rings. The van der Waals surface area contributed by atoms with Gasteiger partial charge in [-0.05, 0) is 44.7 Å². The number of nitrogens with one attached hydrogen (secondary N) is 1. The lowest BCUT2D eigenvalue weighted by Crippen LogP contribution is -2.35. The summed E-state index contributed by atoms with van der Waals surface area (Å²) in [5.41, 5.74) is 1.65. The van der Waals surface area contributed by atoms with Crippen molar-refractivity contribution in [3.05, 3.63) is 30.1 Å². The second-order valence-corrected chi connectivity index (χ2v) is 7.23. The van der Waals surface area contributed by atoms with Crippen molar-refractivity contribution in [2.45, 2.75) is 37.9 Å². The maximum atomic E-state index is 12.2. The maximum Gasteiger partial charge on any atom is 0.230 e. The molecule has 1 fully saturated rings. The Morgan fingerprint density at radius 2 is 2.17 bits per heavy atom. The summed E-state index contributed by atoms with van der Waals surface area (Å²) in [5.74, 6) is 1.72. The summed E-state index contributed by atoms with van der Waals surface area (Å²) in [6.45, 7) is 3.94. The molecule has 1 unspecified atom stereocenters. The van der Waals surface area contributed by atoms with Crippen molar-refractivity contribution >= 4 is 34.2 Å². The zero-order valence-corrected chi connectivity index (χ0v) is 14.5. The van der Waals surface area contributed by atoms with Crippen LogP contribution in [0.25, 0.3) is 16.6 Å². The molecule has 0 radical (unpaired) electrons. The Kier molecular flexibility index (Phi) is 3.88. The molecule has 24 heavy (non-hydrogen) atoms. The van der Waals surface area contributed by atoms with Crippen LogP contribution < -0.4 is 5.32 Å². The Hall–Kier alpha value is -2.15. The largest absolute Gasteiger partial charge is 0.353 e. The van der Waals surface area contributed by atoms with E-state index in [1.54, 1.807) is 4.52 Å². The summed E-state index contributed by atoms with van der Waals surface area (Å²) in [6.07, 6.45) is 2.44. The van der Waals surface area contributed by atoms with Crippen molar-refractivity contribution in [2.75, 3.05) is 5.75 Å². The van der Waals surface area contributed by atoms with Crippen LogP contribution in [0.2, 0.25) is 0 Å². The number of aryl methyl sites for hydroxylation is 1. The van der Waals surface area contributed by atoms with Crippen molar-refractivity contribution < 1.29 is 4.79 Å². The van der Waals surface area contributed by atoms with Crippen molar-refractivity contribution in [3.63, 3.8) is 0 Å². The zero-order chi connectivity index (χ0) is 16.7. The molecule has 0 aliphatic heterocycles. The fourth-order valence-electron chi connectivity index (χ4n) is 2.87. The number of hydrogen-bond donors (Lipinski definition) is 1. The van der Waals surface area contributed by atoms with Gasteiger partial charge in [0, 0.05) is 11.4 Å². The van der Waals surface area contributed by atoms with E-state index in [1.807, 2.05) is 31.2 Å². The molecule has 4 rings (SSSR count). The van der Waals surface area contributed by atoms with Crippen LogP contribution in [-0.2, 0) is 4.79 Å². The first-order valence-electron chi connectivity index (χ1n) is 8.16. The smallest absolute Gasteiger partial charge is 0.230 e. The fourth-order valence-corrected chi connectivity index (χ4v) is 3.62. The highest BCUT2D eigenvalue weighted by Crippen LogP contribution is 2.32. The van der Waals surface area contributed by atoms with Crippen LogP contribution in [-0.4, -0.2) is 37.3 Å². The molecular formula is C17H19N5OS. The van der Waals surface area contributed by atoms with Crippen LogP contribution in [0.1, 0.15) is 25.6 Å². The monoisotopic (exact) mass is 341 g/mol. The molecule has 1 aromatic carbocycles. The molecule has 2 aromatic heterocycles. The van der Waals surface area contributed by atoms with Gasteiger partial charge in [0.2, 0.25) is 5.91 Å². The quantitative estimate of drug-likeness (QED) is 0.570. The van der Waals surface area contributed by atoms with Gasteiger partial charge in [0.25, 0.3) is 0 Å². The lowest BCUT2D eigenvalue weighted by molar-refractivity contribution is -0.119. The van der Waals surface area contributed by atoms with Gasteiger partial charge in [0.05, 0.1) is 11.3 Å². The van der Waals surface area contributed by atoms with Crippen LogP contribution >= 0.6 is 11.8 Å². The summed E-state index contributed by atoms with van der Waals surface area (Å²) in [6, 6.07) is 8.13. The van der Waals surface area contributed by atoms with E-state index < -0.39 is 0 Å². The molecule has 6 nitrogen and oxygen atoms in total. The number of amides is 1. The number of aromatic nitrogens is 4. The Bertz CT molecular complexity index is 918. The summed E-state index contributed by atoms with van der Waals surface area (Å²) in [7, 11) is 0. The second-order valence-electron chi connectivity index (χ2n) is 6.29. The molecule has 7 heteroatoms. The molecule has 1 saturated carbocycles. The molecular weight excluding hydrogens is 322 g/mol. The topological polar surface area (TPSA) is 72.2 Å². The van der Waals surface area contributed by atoms with Gasteiger partial charge in [-0.3, -0.25) is 4.79 Å². The van der Waals surface area contributed by atoms with Gasteiger partial charge in [-0.1, -0.05) is 23.9 Å². The average molecular weight is 341 g/mol. The Morgan fingerprint density at radius 1 is 1.38 bits per heavy atom. The van der Waals surface area contributed by atoms with E-state index in [0.29, 0.717) is 22.7 Å². The van der Waals surface area contributed by atoms with E-state index >= 15 is 0 Å². The van der Waals surface area contributed by atoms with Crippen LogP contribution in [0.3, 0.4) is 0 Å². The molecule has 124 valence electrons. The first kappa shape index (κ1) is 15.4. The van der Waals surface area contributed by atoms with E-state index in [1.165, 1.54) is 24.6 Å². The lowest BCUT2D eigenvalue weighted by Gasteiger charge is -2.12. The number of benzene rings is 1. The van der Waals surface area contributed by atoms with Crippen molar-refractivity contribution in [3.8, 4) is 0 Å². The molecule has 1 N–H and O–H groups in total. The van der Waals surface area contributed by atoms with Crippen LogP contribution in [0, 0.1) is 12.8 Å². The first-order valence-corrected chi connectivity index (χ1v) is 9.14. The summed E-state index contributed by atoms with van der Waals surface area (Å²) in [4.78, 5) is 21.3. The van der Waals surface area contributed by atoms with Gasteiger partial charge in [-0.2, -0.15) is 4.52 Å². The Morgan fingerprint density at radius 3 is 2.96 bits per heavy atom. The van der Waals surface area contributed by atoms with Crippen LogP contribution in [0.15, 0.2) is 29.4 Å². The van der Waals surface area contributed by atoms with Gasteiger partial charge < -0.3 is 5.32 Å². The molecule has 0 bridgehead atoms. The minimum atomic E-state index is 0.0411. The molecule has 1 aliphatic carbocycles. The van der Waals surface area contributed by atoms with Crippen LogP contribution in [0.4, 0.5) is 0 Å². The molecule has 1 amide bonds. The highest BCUT2D eigenvalue weighted by molar-refractivity contribution is 7.99. The fraction of sp³-hybridized carbons (Fsp3) is 0.412. The predicted octanol–water partition coefficient (Wildman–Crippen LogP) is 2.59. The highest BCUT2D eigenvalue weighted by Gasteiger charge is 2.28. The third kappa shape index (κ3) is 2.96. The van der Waals surface area contributed by atoms with E-state index in [-0.39, 0.29) is 11.9 Å². The summed E-state index contributed by atoms with van der Waals surface area (Å²) >= 11 is 1.40. The minimum Gasteiger partial charge on any atom is -0.353 e. The first-order chi connectivity index (χ1) is 11.6. The molecule has 0 saturated heterocycles. The highest BCUT2D eigenvalue weighted by atomic mass is 32.2. The third-order valence-corrected chi connectivity index (χ3v) is 5.23. The van der Waals surface area contributed by atoms with Gasteiger partial charge in [-0.25, -0.2) is 9.97 Å². The van der Waals surface area contributed by atoms with Crippen molar-refractivity contribution in [1.82, 2.24) is 24.9 Å². The Balaban J connectivity index is 1.59.